The molecule has 0 saturated carbocycles. The molecule has 1 N–H and O–H groups in total. The van der Waals surface area contributed by atoms with Crippen LogP contribution in [0.2, 0.25) is 5.02 Å². The van der Waals surface area contributed by atoms with Crippen molar-refractivity contribution in [1.29, 1.82) is 5.26 Å². The van der Waals surface area contributed by atoms with Gasteiger partial charge in [0.05, 0.1) is 51.8 Å². The lowest BCUT2D eigenvalue weighted by atomic mass is 10.1. The Labute approximate surface area is 211 Å². The predicted octanol–water partition coefficient (Wildman–Crippen LogP) is 5.00. The molecule has 0 amide bonds. The van der Waals surface area contributed by atoms with Crippen molar-refractivity contribution in [2.45, 2.75) is 0 Å². The molecule has 0 saturated heterocycles. The Kier molecular flexibility index (Phi) is 7.21. The van der Waals surface area contributed by atoms with Gasteiger partial charge in [-0.05, 0) is 24.3 Å². The molecule has 0 aliphatic rings. The number of alkyl halides is 1. The number of aromatic nitrogens is 3. The van der Waals surface area contributed by atoms with Gasteiger partial charge in [-0.3, -0.25) is 14.7 Å². The normalized spacial score (nSPS) is 11.1. The van der Waals surface area contributed by atoms with Crippen LogP contribution in [0.15, 0.2) is 54.9 Å². The zero-order valence-electron chi connectivity index (χ0n) is 18.2. The molecule has 0 bridgehead atoms. The summed E-state index contributed by atoms with van der Waals surface area (Å²) in [5, 5.41) is 9.64. The number of nitrogens with one attached hydrogen (secondary N) is 1. The molecule has 0 atom stereocenters. The Hall–Kier alpha value is -3.65. The van der Waals surface area contributed by atoms with Crippen LogP contribution in [-0.4, -0.2) is 42.1 Å². The van der Waals surface area contributed by atoms with Gasteiger partial charge in [-0.15, -0.1) is 11.6 Å². The maximum absolute atomic E-state index is 11.4. The second kappa shape index (κ2) is 10.3. The van der Waals surface area contributed by atoms with Crippen LogP contribution < -0.4 is 14.2 Å². The second-order valence-electron chi connectivity index (χ2n) is 7.25. The van der Waals surface area contributed by atoms with E-state index in [1.165, 1.54) is 12.3 Å². The molecule has 0 fully saturated rings. The van der Waals surface area contributed by atoms with E-state index in [1.54, 1.807) is 36.5 Å². The smallest absolute Gasteiger partial charge is 0.231 e. The van der Waals surface area contributed by atoms with Crippen molar-refractivity contribution >= 4 is 50.1 Å². The fourth-order valence-electron chi connectivity index (χ4n) is 3.15. The first-order valence-electron chi connectivity index (χ1n) is 10.1. The average Bonchev–Trinajstić information content (AvgIpc) is 2.82. The third-order valence-corrected chi connectivity index (χ3v) is 5.58. The van der Waals surface area contributed by atoms with Gasteiger partial charge in [0.1, 0.15) is 24.2 Å². The first-order valence-corrected chi connectivity index (χ1v) is 12.9. The molecule has 9 nitrogen and oxygen atoms in total. The first-order chi connectivity index (χ1) is 16.8. The SMILES string of the molecule is CS(=O)(=O)Nc1cnc2cc(-c3ccc(Oc4cc(Cl)c(OCCCl)c(C#N)c4)cn3)ccc2n1. The molecule has 12 heteroatoms. The summed E-state index contributed by atoms with van der Waals surface area (Å²) >= 11 is 11.9. The number of rotatable bonds is 8. The maximum atomic E-state index is 11.4. The average molecular weight is 530 g/mol. The monoisotopic (exact) mass is 529 g/mol. The molecule has 178 valence electrons. The minimum atomic E-state index is -3.44. The van der Waals surface area contributed by atoms with Crippen molar-refractivity contribution in [1.82, 2.24) is 15.0 Å². The van der Waals surface area contributed by atoms with Gasteiger partial charge in [0.25, 0.3) is 0 Å². The number of nitrogens with zero attached hydrogens (tertiary/aromatic N) is 4. The van der Waals surface area contributed by atoms with E-state index in [2.05, 4.69) is 19.7 Å². The molecule has 2 heterocycles. The molecule has 0 aliphatic heterocycles. The first kappa shape index (κ1) is 24.5. The molecule has 4 aromatic rings. The summed E-state index contributed by atoms with van der Waals surface area (Å²) in [6.07, 6.45) is 3.94. The Morgan fingerprint density at radius 1 is 1.06 bits per heavy atom. The quantitative estimate of drug-likeness (QED) is 0.316. The highest BCUT2D eigenvalue weighted by Crippen LogP contribution is 2.35. The van der Waals surface area contributed by atoms with Gasteiger partial charge in [0.2, 0.25) is 10.0 Å². The number of hydrogen-bond acceptors (Lipinski definition) is 8. The van der Waals surface area contributed by atoms with Crippen molar-refractivity contribution in [2.24, 2.45) is 0 Å². The van der Waals surface area contributed by atoms with Gasteiger partial charge in [-0.2, -0.15) is 5.26 Å². The lowest BCUT2D eigenvalue weighted by Gasteiger charge is -2.12. The van der Waals surface area contributed by atoms with Crippen LogP contribution >= 0.6 is 23.2 Å². The van der Waals surface area contributed by atoms with Crippen molar-refractivity contribution < 1.29 is 17.9 Å². The van der Waals surface area contributed by atoms with Crippen LogP contribution in [0.5, 0.6) is 17.2 Å². The van der Waals surface area contributed by atoms with Crippen LogP contribution in [0.1, 0.15) is 5.56 Å². The van der Waals surface area contributed by atoms with Crippen molar-refractivity contribution in [2.75, 3.05) is 23.5 Å². The zero-order chi connectivity index (χ0) is 25.0. The standard InChI is InChI=1S/C23H17Cl2N5O4S/c1-35(31,32)30-22-13-28-21-9-14(2-4-20(21)29-22)19-5-3-16(12-27-19)34-17-8-15(11-26)23(18(25)10-17)33-7-6-24/h2-5,8-10,12-13H,6-7H2,1H3,(H,29,30). The number of benzene rings is 2. The molecule has 4 rings (SSSR count). The highest BCUT2D eigenvalue weighted by Gasteiger charge is 2.13. The zero-order valence-corrected chi connectivity index (χ0v) is 20.5. The summed E-state index contributed by atoms with van der Waals surface area (Å²) in [5.74, 6) is 1.47. The van der Waals surface area contributed by atoms with Gasteiger partial charge in [-0.25, -0.2) is 13.4 Å². The largest absolute Gasteiger partial charge is 0.489 e. The Balaban J connectivity index is 1.53. The highest BCUT2D eigenvalue weighted by atomic mass is 35.5. The molecule has 0 aliphatic carbocycles. The van der Waals surface area contributed by atoms with Gasteiger partial charge in [0.15, 0.2) is 11.6 Å². The number of hydrogen-bond donors (Lipinski definition) is 1. The molecule has 0 unspecified atom stereocenters. The molecule has 0 radical (unpaired) electrons. The number of sulfonamides is 1. The molecule has 2 aromatic carbocycles. The van der Waals surface area contributed by atoms with E-state index < -0.39 is 10.0 Å². The van der Waals surface area contributed by atoms with Gasteiger partial charge >= 0.3 is 0 Å². The number of halogens is 2. The summed E-state index contributed by atoms with van der Waals surface area (Å²) in [5.41, 5.74) is 2.80. The number of nitriles is 1. The lowest BCUT2D eigenvalue weighted by molar-refractivity contribution is 0.341. The lowest BCUT2D eigenvalue weighted by Crippen LogP contribution is -2.11. The number of pyridine rings is 1. The minimum Gasteiger partial charge on any atom is -0.489 e. The second-order valence-corrected chi connectivity index (χ2v) is 9.78. The molecule has 0 spiro atoms. The van der Waals surface area contributed by atoms with E-state index in [-0.39, 0.29) is 34.6 Å². The minimum absolute atomic E-state index is 0.144. The third-order valence-electron chi connectivity index (χ3n) is 4.56. The Morgan fingerprint density at radius 2 is 1.89 bits per heavy atom. The predicted molar refractivity (Wildman–Crippen MR) is 134 cm³/mol. The van der Waals surface area contributed by atoms with E-state index in [1.807, 2.05) is 12.1 Å². The fraction of sp³-hybridized carbons (Fsp3) is 0.130. The van der Waals surface area contributed by atoms with Gasteiger partial charge < -0.3 is 9.47 Å². The summed E-state index contributed by atoms with van der Waals surface area (Å²) < 4.78 is 36.3. The van der Waals surface area contributed by atoms with Crippen molar-refractivity contribution in [3.8, 4) is 34.6 Å². The van der Waals surface area contributed by atoms with Crippen LogP contribution in [0.25, 0.3) is 22.3 Å². The van der Waals surface area contributed by atoms with E-state index >= 15 is 0 Å². The van der Waals surface area contributed by atoms with Crippen LogP contribution in [-0.2, 0) is 10.0 Å². The van der Waals surface area contributed by atoms with Crippen LogP contribution in [0.3, 0.4) is 0 Å². The molecular weight excluding hydrogens is 513 g/mol. The van der Waals surface area contributed by atoms with Crippen LogP contribution in [0.4, 0.5) is 5.82 Å². The topological polar surface area (TPSA) is 127 Å². The van der Waals surface area contributed by atoms with E-state index in [4.69, 9.17) is 32.7 Å². The van der Waals surface area contributed by atoms with E-state index in [9.17, 15) is 13.7 Å². The highest BCUT2D eigenvalue weighted by molar-refractivity contribution is 7.92. The summed E-state index contributed by atoms with van der Waals surface area (Å²) in [6, 6.07) is 14.0. The summed E-state index contributed by atoms with van der Waals surface area (Å²) in [7, 11) is -3.44. The van der Waals surface area contributed by atoms with Gasteiger partial charge in [0, 0.05) is 17.7 Å². The summed E-state index contributed by atoms with van der Waals surface area (Å²) in [4.78, 5) is 13.0. The van der Waals surface area contributed by atoms with Crippen LogP contribution in [0, 0.1) is 11.3 Å². The van der Waals surface area contributed by atoms with E-state index in [0.717, 1.165) is 11.8 Å². The number of fused-ring (bicyclic) bond motifs is 1. The maximum Gasteiger partial charge on any atom is 0.231 e. The summed E-state index contributed by atoms with van der Waals surface area (Å²) in [6.45, 7) is 0.223. The fourth-order valence-corrected chi connectivity index (χ4v) is 3.97. The van der Waals surface area contributed by atoms with Crippen molar-refractivity contribution in [3.05, 3.63) is 65.4 Å². The number of anilines is 1. The van der Waals surface area contributed by atoms with E-state index in [0.29, 0.717) is 28.2 Å². The molecular formula is C23H17Cl2N5O4S. The van der Waals surface area contributed by atoms with Gasteiger partial charge in [-0.1, -0.05) is 17.7 Å². The third kappa shape index (κ3) is 6.08. The molecule has 35 heavy (non-hydrogen) atoms. The molecule has 2 aromatic heterocycles. The number of ether oxygens (including phenoxy) is 2. The van der Waals surface area contributed by atoms with Crippen molar-refractivity contribution in [3.63, 3.8) is 0 Å². The Bertz CT molecular complexity index is 1540. The Morgan fingerprint density at radius 3 is 2.57 bits per heavy atom.